The Hall–Kier alpha value is -8.41. The summed E-state index contributed by atoms with van der Waals surface area (Å²) in [5.41, 5.74) is 17.0. The Morgan fingerprint density at radius 1 is 0.323 bits per heavy atom. The largest absolute Gasteiger partial charge is 0.456 e. The van der Waals surface area contributed by atoms with Gasteiger partial charge in [0.25, 0.3) is 0 Å². The third-order valence-electron chi connectivity index (χ3n) is 11.9. The monoisotopic (exact) mass is 793 g/mol. The van der Waals surface area contributed by atoms with E-state index in [1.165, 1.54) is 0 Å². The predicted molar refractivity (Wildman–Crippen MR) is 252 cm³/mol. The molecule has 0 radical (unpaired) electrons. The van der Waals surface area contributed by atoms with Crippen LogP contribution in [0.15, 0.2) is 221 Å². The quantitative estimate of drug-likeness (QED) is 0.161. The summed E-state index contributed by atoms with van der Waals surface area (Å²) >= 11 is 0. The van der Waals surface area contributed by atoms with Crippen molar-refractivity contribution >= 4 is 43.9 Å². The number of furan rings is 2. The van der Waals surface area contributed by atoms with E-state index in [-0.39, 0.29) is 0 Å². The van der Waals surface area contributed by atoms with Gasteiger partial charge >= 0.3 is 0 Å². The van der Waals surface area contributed by atoms with Gasteiger partial charge in [0.2, 0.25) is 0 Å². The maximum absolute atomic E-state index is 6.71. The molecule has 0 atom stereocenters. The zero-order valence-electron chi connectivity index (χ0n) is 33.4. The Labute approximate surface area is 357 Å². The molecule has 5 nitrogen and oxygen atoms in total. The van der Waals surface area contributed by atoms with E-state index in [1.807, 2.05) is 54.7 Å². The second kappa shape index (κ2) is 14.7. The van der Waals surface area contributed by atoms with Crippen molar-refractivity contribution in [3.63, 3.8) is 0 Å². The first-order valence-corrected chi connectivity index (χ1v) is 20.7. The summed E-state index contributed by atoms with van der Waals surface area (Å²) in [5, 5.41) is 4.39. The second-order valence-electron chi connectivity index (χ2n) is 15.6. The summed E-state index contributed by atoms with van der Waals surface area (Å²) in [6, 6.07) is 69.5. The highest BCUT2D eigenvalue weighted by atomic mass is 16.3. The molecule has 4 aromatic heterocycles. The van der Waals surface area contributed by atoms with Gasteiger partial charge in [0, 0.05) is 56.2 Å². The minimum Gasteiger partial charge on any atom is -0.456 e. The van der Waals surface area contributed by atoms with Gasteiger partial charge in [-0.25, -0.2) is 9.97 Å². The summed E-state index contributed by atoms with van der Waals surface area (Å²) in [4.78, 5) is 14.5. The van der Waals surface area contributed by atoms with E-state index in [0.29, 0.717) is 5.82 Å². The molecule has 0 aliphatic heterocycles. The number of hydrogen-bond acceptors (Lipinski definition) is 5. The molecule has 0 saturated carbocycles. The number of para-hydroxylation sites is 2. The Morgan fingerprint density at radius 3 is 1.56 bits per heavy atom. The van der Waals surface area contributed by atoms with E-state index in [9.17, 15) is 0 Å². The van der Waals surface area contributed by atoms with Crippen LogP contribution in [0.5, 0.6) is 0 Å². The molecule has 290 valence electrons. The van der Waals surface area contributed by atoms with Crippen LogP contribution in [-0.4, -0.2) is 15.0 Å². The van der Waals surface area contributed by atoms with Gasteiger partial charge in [-0.2, -0.15) is 0 Å². The van der Waals surface area contributed by atoms with E-state index in [0.717, 1.165) is 116 Å². The Kier molecular flexibility index (Phi) is 8.42. The highest BCUT2D eigenvalue weighted by Gasteiger charge is 2.19. The van der Waals surface area contributed by atoms with Crippen LogP contribution in [0.1, 0.15) is 0 Å². The number of aromatic nitrogens is 3. The molecule has 12 rings (SSSR count). The van der Waals surface area contributed by atoms with Crippen LogP contribution in [-0.2, 0) is 0 Å². The van der Waals surface area contributed by atoms with Crippen LogP contribution in [0.25, 0.3) is 122 Å². The third-order valence-corrected chi connectivity index (χ3v) is 11.9. The predicted octanol–water partition coefficient (Wildman–Crippen LogP) is 15.3. The van der Waals surface area contributed by atoms with Crippen molar-refractivity contribution in [2.75, 3.05) is 0 Å². The van der Waals surface area contributed by atoms with Gasteiger partial charge in [-0.1, -0.05) is 158 Å². The molecule has 0 bridgehead atoms. The Bertz CT molecular complexity index is 3590. The van der Waals surface area contributed by atoms with Crippen molar-refractivity contribution in [2.45, 2.75) is 0 Å². The van der Waals surface area contributed by atoms with Gasteiger partial charge in [-0.05, 0) is 81.4 Å². The number of benzene rings is 8. The average molecular weight is 794 g/mol. The van der Waals surface area contributed by atoms with Crippen molar-refractivity contribution < 1.29 is 8.83 Å². The molecule has 0 spiro atoms. The van der Waals surface area contributed by atoms with Crippen molar-refractivity contribution in [1.29, 1.82) is 0 Å². The van der Waals surface area contributed by atoms with E-state index in [2.05, 4.69) is 157 Å². The first kappa shape index (κ1) is 35.5. The molecule has 0 aliphatic carbocycles. The topological polar surface area (TPSA) is 65.0 Å². The van der Waals surface area contributed by atoms with Crippen molar-refractivity contribution in [3.8, 4) is 78.4 Å². The molecule has 8 aromatic carbocycles. The molecule has 5 heteroatoms. The van der Waals surface area contributed by atoms with Crippen molar-refractivity contribution in [2.24, 2.45) is 0 Å². The van der Waals surface area contributed by atoms with E-state index in [1.54, 1.807) is 6.20 Å². The molecule has 0 aliphatic rings. The first-order valence-electron chi connectivity index (χ1n) is 20.7. The van der Waals surface area contributed by atoms with E-state index < -0.39 is 0 Å². The molecule has 0 unspecified atom stereocenters. The number of hydrogen-bond donors (Lipinski definition) is 0. The molecule has 0 amide bonds. The third kappa shape index (κ3) is 6.23. The number of pyridine rings is 1. The fraction of sp³-hybridized carbons (Fsp3) is 0. The molecule has 0 fully saturated rings. The van der Waals surface area contributed by atoms with Crippen LogP contribution < -0.4 is 0 Å². The fourth-order valence-corrected chi connectivity index (χ4v) is 8.69. The number of rotatable bonds is 7. The van der Waals surface area contributed by atoms with Crippen LogP contribution in [0.3, 0.4) is 0 Å². The molecular formula is C57H35N3O2. The van der Waals surface area contributed by atoms with Crippen LogP contribution >= 0.6 is 0 Å². The molecule has 4 heterocycles. The molecule has 0 N–H and O–H groups in total. The summed E-state index contributed by atoms with van der Waals surface area (Å²) in [6.07, 6.45) is 3.68. The fourth-order valence-electron chi connectivity index (χ4n) is 8.69. The van der Waals surface area contributed by atoms with Gasteiger partial charge in [-0.15, -0.1) is 0 Å². The lowest BCUT2D eigenvalue weighted by Gasteiger charge is -2.11. The van der Waals surface area contributed by atoms with Crippen molar-refractivity contribution in [3.05, 3.63) is 213 Å². The maximum Gasteiger partial charge on any atom is 0.160 e. The second-order valence-corrected chi connectivity index (χ2v) is 15.6. The normalized spacial score (nSPS) is 11.5. The first-order chi connectivity index (χ1) is 30.7. The lowest BCUT2D eigenvalue weighted by molar-refractivity contribution is 0.669. The van der Waals surface area contributed by atoms with Gasteiger partial charge in [0.1, 0.15) is 22.3 Å². The number of fused-ring (bicyclic) bond motifs is 6. The lowest BCUT2D eigenvalue weighted by Crippen LogP contribution is -1.96. The highest BCUT2D eigenvalue weighted by molar-refractivity contribution is 6.17. The van der Waals surface area contributed by atoms with E-state index in [4.69, 9.17) is 18.8 Å². The maximum atomic E-state index is 6.71. The van der Waals surface area contributed by atoms with Crippen LogP contribution in [0.4, 0.5) is 0 Å². The highest BCUT2D eigenvalue weighted by Crippen LogP contribution is 2.43. The Morgan fingerprint density at radius 2 is 0.855 bits per heavy atom. The van der Waals surface area contributed by atoms with Gasteiger partial charge < -0.3 is 8.83 Å². The van der Waals surface area contributed by atoms with Crippen LogP contribution in [0.2, 0.25) is 0 Å². The molecular weight excluding hydrogens is 759 g/mol. The summed E-state index contributed by atoms with van der Waals surface area (Å²) < 4.78 is 12.9. The SMILES string of the molecule is c1ccc(-c2cc(-c3ccc(-c4ccc(-c5ccc6oc7ccccc7c6c5)c5c4oc4ccccc45)cc3)nc(-c3ccc(-c4ccc(-c5cccnc5)cc4)cc3)n2)cc1. The Balaban J connectivity index is 0.908. The van der Waals surface area contributed by atoms with E-state index >= 15 is 0 Å². The molecule has 0 saturated heterocycles. The van der Waals surface area contributed by atoms with Crippen molar-refractivity contribution in [1.82, 2.24) is 15.0 Å². The minimum atomic E-state index is 0.671. The number of nitrogens with zero attached hydrogens (tertiary/aromatic N) is 3. The molecule has 12 aromatic rings. The standard InChI is InChI=1S/C57H35N3O2/c1-2-9-40(10-3-1)50-34-51(60-57(59-50)42-26-20-37(21-27-42)36-16-18-38(19-17-36)44-11-8-32-58-35-44)41-24-22-39(23-25-41)46-30-29-45(55-48-13-5-7-15-53(48)62-56(46)55)43-28-31-54-49(33-43)47-12-4-6-14-52(47)61-54/h1-35H. The summed E-state index contributed by atoms with van der Waals surface area (Å²) in [6.45, 7) is 0. The minimum absolute atomic E-state index is 0.671. The lowest BCUT2D eigenvalue weighted by atomic mass is 9.93. The zero-order valence-corrected chi connectivity index (χ0v) is 33.4. The van der Waals surface area contributed by atoms with Crippen LogP contribution in [0, 0.1) is 0 Å². The van der Waals surface area contributed by atoms with Gasteiger partial charge in [-0.3, -0.25) is 4.98 Å². The smallest absolute Gasteiger partial charge is 0.160 e. The average Bonchev–Trinajstić information content (AvgIpc) is 3.93. The zero-order chi connectivity index (χ0) is 41.0. The van der Waals surface area contributed by atoms with Gasteiger partial charge in [0.15, 0.2) is 5.82 Å². The summed E-state index contributed by atoms with van der Waals surface area (Å²) in [5.74, 6) is 0.671. The summed E-state index contributed by atoms with van der Waals surface area (Å²) in [7, 11) is 0. The molecule has 62 heavy (non-hydrogen) atoms. The van der Waals surface area contributed by atoms with Gasteiger partial charge in [0.05, 0.1) is 11.4 Å².